The summed E-state index contributed by atoms with van der Waals surface area (Å²) >= 11 is 13.7. The van der Waals surface area contributed by atoms with Crippen LogP contribution in [0.5, 0.6) is 0 Å². The molecule has 180 valence electrons. The van der Waals surface area contributed by atoms with Gasteiger partial charge in [0, 0.05) is 28.1 Å². The van der Waals surface area contributed by atoms with Crippen molar-refractivity contribution in [1.82, 2.24) is 5.32 Å². The molecule has 34 heavy (non-hydrogen) atoms. The van der Waals surface area contributed by atoms with E-state index in [1.54, 1.807) is 48.2 Å². The second-order valence-electron chi connectivity index (χ2n) is 7.75. The molecule has 1 amide bonds. The van der Waals surface area contributed by atoms with E-state index < -0.39 is 10.0 Å². The molecule has 3 aromatic carbocycles. The predicted octanol–water partition coefficient (Wildman–Crippen LogP) is 5.86. The van der Waals surface area contributed by atoms with Crippen LogP contribution < -0.4 is 9.62 Å². The first-order chi connectivity index (χ1) is 16.2. The Bertz CT molecular complexity index is 1250. The summed E-state index contributed by atoms with van der Waals surface area (Å²) in [4.78, 5) is 12.9. The minimum Gasteiger partial charge on any atom is -0.354 e. The minimum atomic E-state index is -3.93. The highest BCUT2D eigenvalue weighted by Crippen LogP contribution is 2.28. The topological polar surface area (TPSA) is 66.5 Å². The van der Waals surface area contributed by atoms with Gasteiger partial charge in [-0.3, -0.25) is 9.10 Å². The summed E-state index contributed by atoms with van der Waals surface area (Å²) in [5.74, 6) is 0.966. The Morgan fingerprint density at radius 2 is 1.74 bits per heavy atom. The number of carbonyl (C=O) groups is 1. The number of benzene rings is 3. The Morgan fingerprint density at radius 3 is 2.44 bits per heavy atom. The van der Waals surface area contributed by atoms with Gasteiger partial charge in [-0.1, -0.05) is 59.6 Å². The molecule has 0 heterocycles. The molecule has 9 heteroatoms. The van der Waals surface area contributed by atoms with Gasteiger partial charge in [-0.05, 0) is 60.9 Å². The first-order valence-corrected chi connectivity index (χ1v) is 14.0. The number of thioether (sulfide) groups is 1. The monoisotopic (exact) mass is 536 g/mol. The zero-order chi connectivity index (χ0) is 24.7. The number of nitrogens with zero attached hydrogens (tertiary/aromatic N) is 1. The predicted molar refractivity (Wildman–Crippen MR) is 143 cm³/mol. The minimum absolute atomic E-state index is 0.138. The first-order valence-electron chi connectivity index (χ1n) is 10.6. The zero-order valence-electron chi connectivity index (χ0n) is 18.9. The number of rotatable bonds is 10. The average Bonchev–Trinajstić information content (AvgIpc) is 2.80. The number of anilines is 1. The molecule has 0 atom stereocenters. The van der Waals surface area contributed by atoms with E-state index in [0.29, 0.717) is 33.8 Å². The first kappa shape index (κ1) is 26.4. The number of carbonyl (C=O) groups excluding carboxylic acids is 1. The molecule has 0 fully saturated rings. The Labute approximate surface area is 215 Å². The zero-order valence-corrected chi connectivity index (χ0v) is 22.1. The maximum absolute atomic E-state index is 13.4. The summed E-state index contributed by atoms with van der Waals surface area (Å²) < 4.78 is 28.1. The lowest BCUT2D eigenvalue weighted by Crippen LogP contribution is -2.41. The van der Waals surface area contributed by atoms with Crippen LogP contribution in [0.1, 0.15) is 16.7 Å². The van der Waals surface area contributed by atoms with E-state index in [4.69, 9.17) is 23.2 Å². The van der Waals surface area contributed by atoms with Gasteiger partial charge >= 0.3 is 0 Å². The van der Waals surface area contributed by atoms with E-state index >= 15 is 0 Å². The highest BCUT2D eigenvalue weighted by Gasteiger charge is 2.28. The molecule has 0 saturated heterocycles. The van der Waals surface area contributed by atoms with Crippen molar-refractivity contribution in [3.63, 3.8) is 0 Å². The quantitative estimate of drug-likeness (QED) is 0.329. The lowest BCUT2D eigenvalue weighted by Gasteiger charge is -2.26. The molecule has 3 rings (SSSR count). The Morgan fingerprint density at radius 1 is 1.00 bits per heavy atom. The van der Waals surface area contributed by atoms with E-state index in [-0.39, 0.29) is 17.3 Å². The van der Waals surface area contributed by atoms with Crippen LogP contribution in [0, 0.1) is 13.8 Å². The number of nitrogens with one attached hydrogen (secondary N) is 1. The molecular formula is C25H26Cl2N2O3S2. The number of aryl methyl sites for hydroxylation is 2. The van der Waals surface area contributed by atoms with Gasteiger partial charge in [-0.25, -0.2) is 8.42 Å². The normalized spacial score (nSPS) is 11.3. The van der Waals surface area contributed by atoms with Crippen molar-refractivity contribution in [2.75, 3.05) is 23.1 Å². The molecule has 0 saturated carbocycles. The van der Waals surface area contributed by atoms with E-state index in [2.05, 4.69) is 5.32 Å². The summed E-state index contributed by atoms with van der Waals surface area (Å²) in [7, 11) is -3.93. The van der Waals surface area contributed by atoms with Crippen LogP contribution >= 0.6 is 35.0 Å². The van der Waals surface area contributed by atoms with Crippen LogP contribution in [0.2, 0.25) is 10.0 Å². The lowest BCUT2D eigenvalue weighted by atomic mass is 10.1. The van der Waals surface area contributed by atoms with Gasteiger partial charge in [0.25, 0.3) is 10.0 Å². The molecule has 0 aromatic heterocycles. The van der Waals surface area contributed by atoms with Gasteiger partial charge in [0.1, 0.15) is 6.54 Å². The average molecular weight is 538 g/mol. The molecule has 0 aliphatic heterocycles. The van der Waals surface area contributed by atoms with Crippen molar-refractivity contribution < 1.29 is 13.2 Å². The van der Waals surface area contributed by atoms with Crippen molar-refractivity contribution in [1.29, 1.82) is 0 Å². The summed E-state index contributed by atoms with van der Waals surface area (Å²) in [6.45, 7) is 3.81. The molecule has 1 N–H and O–H groups in total. The molecule has 0 spiro atoms. The van der Waals surface area contributed by atoms with Gasteiger partial charge in [0.15, 0.2) is 0 Å². The van der Waals surface area contributed by atoms with Crippen LogP contribution in [-0.4, -0.2) is 33.2 Å². The van der Waals surface area contributed by atoms with Crippen molar-refractivity contribution in [3.05, 3.63) is 93.5 Å². The van der Waals surface area contributed by atoms with Crippen molar-refractivity contribution in [2.45, 2.75) is 24.5 Å². The van der Waals surface area contributed by atoms with Crippen molar-refractivity contribution >= 4 is 56.6 Å². The van der Waals surface area contributed by atoms with Crippen LogP contribution in [0.15, 0.2) is 71.6 Å². The molecule has 0 bridgehead atoms. The standard InChI is InChI=1S/C25H26Cl2N2O3S2/c1-18-8-9-19(2)24(14-18)29(34(31,32)22-6-4-3-5-7-22)16-25(30)28-12-13-33-17-20-10-11-21(26)15-23(20)27/h3-11,14-15H,12-13,16-17H2,1-2H3,(H,28,30). The molecule has 5 nitrogen and oxygen atoms in total. The SMILES string of the molecule is Cc1ccc(C)c(N(CC(=O)NCCSCc2ccc(Cl)cc2Cl)S(=O)(=O)c2ccccc2)c1. The summed E-state index contributed by atoms with van der Waals surface area (Å²) in [6.07, 6.45) is 0. The van der Waals surface area contributed by atoms with Crippen LogP contribution in [-0.2, 0) is 20.6 Å². The van der Waals surface area contributed by atoms with Gasteiger partial charge in [-0.15, -0.1) is 0 Å². The Kier molecular flexibility index (Phi) is 9.31. The van der Waals surface area contributed by atoms with Crippen LogP contribution in [0.3, 0.4) is 0 Å². The smallest absolute Gasteiger partial charge is 0.264 e. The largest absolute Gasteiger partial charge is 0.354 e. The van der Waals surface area contributed by atoms with Gasteiger partial charge in [0.05, 0.1) is 10.6 Å². The fourth-order valence-corrected chi connectivity index (χ4v) is 6.19. The molecule has 3 aromatic rings. The number of hydrogen-bond donors (Lipinski definition) is 1. The Balaban J connectivity index is 1.66. The molecule has 0 aliphatic carbocycles. The van der Waals surface area contributed by atoms with E-state index in [1.165, 1.54) is 16.4 Å². The molecular weight excluding hydrogens is 511 g/mol. The highest BCUT2D eigenvalue weighted by atomic mass is 35.5. The molecule has 0 unspecified atom stereocenters. The van der Waals surface area contributed by atoms with Gasteiger partial charge in [-0.2, -0.15) is 11.8 Å². The lowest BCUT2D eigenvalue weighted by molar-refractivity contribution is -0.119. The second-order valence-corrected chi connectivity index (χ2v) is 11.6. The third-order valence-electron chi connectivity index (χ3n) is 5.09. The summed E-state index contributed by atoms with van der Waals surface area (Å²) in [6, 6.07) is 19.1. The van der Waals surface area contributed by atoms with Gasteiger partial charge < -0.3 is 5.32 Å². The summed E-state index contributed by atoms with van der Waals surface area (Å²) in [5, 5.41) is 4.03. The maximum atomic E-state index is 13.4. The van der Waals surface area contributed by atoms with Crippen molar-refractivity contribution in [2.24, 2.45) is 0 Å². The molecule has 0 aliphatic rings. The van der Waals surface area contributed by atoms with Gasteiger partial charge in [0.2, 0.25) is 5.91 Å². The number of hydrogen-bond acceptors (Lipinski definition) is 4. The number of amides is 1. The fourth-order valence-electron chi connectivity index (χ4n) is 3.28. The number of sulfonamides is 1. The second kappa shape index (κ2) is 12.0. The number of halogens is 2. The van der Waals surface area contributed by atoms with E-state index in [9.17, 15) is 13.2 Å². The molecule has 0 radical (unpaired) electrons. The fraction of sp³-hybridized carbons (Fsp3) is 0.240. The van der Waals surface area contributed by atoms with Crippen LogP contribution in [0.25, 0.3) is 0 Å². The van der Waals surface area contributed by atoms with Crippen molar-refractivity contribution in [3.8, 4) is 0 Å². The third-order valence-corrected chi connectivity index (χ3v) is 8.46. The van der Waals surface area contributed by atoms with E-state index in [0.717, 1.165) is 16.7 Å². The van der Waals surface area contributed by atoms with Crippen LogP contribution in [0.4, 0.5) is 5.69 Å². The highest BCUT2D eigenvalue weighted by molar-refractivity contribution is 7.98. The third kappa shape index (κ3) is 6.92. The summed E-state index contributed by atoms with van der Waals surface area (Å²) in [5.41, 5.74) is 3.14. The Hall–Kier alpha value is -2.19. The maximum Gasteiger partial charge on any atom is 0.264 e. The van der Waals surface area contributed by atoms with E-state index in [1.807, 2.05) is 32.0 Å².